The first-order chi connectivity index (χ1) is 6.40. The third kappa shape index (κ3) is 1.56. The Morgan fingerprint density at radius 3 is 3.15 bits per heavy atom. The first-order valence-corrected chi connectivity index (χ1v) is 4.22. The van der Waals surface area contributed by atoms with Crippen LogP contribution in [0.25, 0.3) is 11.0 Å². The van der Waals surface area contributed by atoms with Crippen LogP contribution in [0.4, 0.5) is 5.95 Å². The molecule has 0 radical (unpaired) electrons. The van der Waals surface area contributed by atoms with E-state index in [0.29, 0.717) is 5.95 Å². The molecule has 2 heterocycles. The van der Waals surface area contributed by atoms with E-state index >= 15 is 0 Å². The second-order valence-electron chi connectivity index (χ2n) is 2.64. The van der Waals surface area contributed by atoms with Crippen molar-refractivity contribution in [3.8, 4) is 0 Å². The highest BCUT2D eigenvalue weighted by molar-refractivity contribution is 5.74. The molecule has 0 aliphatic carbocycles. The Kier molecular flexibility index (Phi) is 2.04. The van der Waals surface area contributed by atoms with Crippen LogP contribution < -0.4 is 5.32 Å². The maximum Gasteiger partial charge on any atom is 0.224 e. The molecular weight excluding hydrogens is 164 g/mol. The Hall–Kier alpha value is -1.71. The van der Waals surface area contributed by atoms with Crippen LogP contribution in [0.2, 0.25) is 0 Å². The monoisotopic (exact) mass is 174 g/mol. The number of hydrogen-bond donors (Lipinski definition) is 1. The Labute approximate surface area is 76.1 Å². The lowest BCUT2D eigenvalue weighted by atomic mass is 10.3. The molecule has 0 unspecified atom stereocenters. The van der Waals surface area contributed by atoms with E-state index in [1.807, 2.05) is 19.1 Å². The second kappa shape index (κ2) is 3.35. The Bertz CT molecular complexity index is 413. The summed E-state index contributed by atoms with van der Waals surface area (Å²) in [5, 5.41) is 4.00. The van der Waals surface area contributed by atoms with Crippen molar-refractivity contribution in [2.75, 3.05) is 11.9 Å². The van der Waals surface area contributed by atoms with Crippen molar-refractivity contribution >= 4 is 17.0 Å². The van der Waals surface area contributed by atoms with Gasteiger partial charge in [-0.25, -0.2) is 9.97 Å². The minimum atomic E-state index is 0.633. The van der Waals surface area contributed by atoms with E-state index < -0.39 is 0 Å². The molecule has 2 aromatic heterocycles. The fourth-order valence-electron chi connectivity index (χ4n) is 1.11. The van der Waals surface area contributed by atoms with Crippen LogP contribution in [0.1, 0.15) is 6.92 Å². The van der Waals surface area contributed by atoms with E-state index in [2.05, 4.69) is 20.3 Å². The van der Waals surface area contributed by atoms with Gasteiger partial charge >= 0.3 is 0 Å². The zero-order valence-electron chi connectivity index (χ0n) is 7.36. The minimum absolute atomic E-state index is 0.633. The van der Waals surface area contributed by atoms with Crippen molar-refractivity contribution in [1.82, 2.24) is 15.0 Å². The largest absolute Gasteiger partial charge is 0.354 e. The number of nitrogens with one attached hydrogen (secondary N) is 1. The summed E-state index contributed by atoms with van der Waals surface area (Å²) in [5.41, 5.74) is 0.730. The first kappa shape index (κ1) is 7.91. The highest BCUT2D eigenvalue weighted by atomic mass is 15.1. The molecule has 2 rings (SSSR count). The van der Waals surface area contributed by atoms with Gasteiger partial charge in [0.1, 0.15) is 0 Å². The van der Waals surface area contributed by atoms with Crippen molar-refractivity contribution in [2.24, 2.45) is 0 Å². The highest BCUT2D eigenvalue weighted by Crippen LogP contribution is 2.08. The average Bonchev–Trinajstić information content (AvgIpc) is 2.18. The van der Waals surface area contributed by atoms with Crippen molar-refractivity contribution < 1.29 is 0 Å². The molecule has 0 spiro atoms. The molecule has 13 heavy (non-hydrogen) atoms. The van der Waals surface area contributed by atoms with E-state index in [-0.39, 0.29) is 0 Å². The van der Waals surface area contributed by atoms with Gasteiger partial charge < -0.3 is 5.32 Å². The third-order valence-corrected chi connectivity index (χ3v) is 1.69. The number of anilines is 1. The molecule has 0 amide bonds. The molecule has 0 atom stereocenters. The molecule has 0 fully saturated rings. The normalized spacial score (nSPS) is 10.2. The molecule has 0 aromatic carbocycles. The average molecular weight is 174 g/mol. The highest BCUT2D eigenvalue weighted by Gasteiger charge is 1.97. The van der Waals surface area contributed by atoms with Gasteiger partial charge in [-0.15, -0.1) is 0 Å². The van der Waals surface area contributed by atoms with Gasteiger partial charge in [0.25, 0.3) is 0 Å². The predicted octanol–water partition coefficient (Wildman–Crippen LogP) is 1.46. The van der Waals surface area contributed by atoms with Crippen molar-refractivity contribution in [1.29, 1.82) is 0 Å². The van der Waals surface area contributed by atoms with Gasteiger partial charge in [-0.1, -0.05) is 0 Å². The predicted molar refractivity (Wildman–Crippen MR) is 51.5 cm³/mol. The van der Waals surface area contributed by atoms with Gasteiger partial charge in [-0.2, -0.15) is 4.98 Å². The second-order valence-corrected chi connectivity index (χ2v) is 2.64. The van der Waals surface area contributed by atoms with Crippen molar-refractivity contribution in [2.45, 2.75) is 6.92 Å². The zero-order chi connectivity index (χ0) is 9.10. The van der Waals surface area contributed by atoms with Crippen LogP contribution in [0.15, 0.2) is 24.5 Å². The number of rotatable bonds is 2. The number of pyridine rings is 1. The molecule has 0 saturated carbocycles. The summed E-state index contributed by atoms with van der Waals surface area (Å²) in [6, 6.07) is 3.82. The number of hydrogen-bond acceptors (Lipinski definition) is 4. The summed E-state index contributed by atoms with van der Waals surface area (Å²) in [6.07, 6.45) is 3.50. The van der Waals surface area contributed by atoms with Gasteiger partial charge in [-0.05, 0) is 19.1 Å². The van der Waals surface area contributed by atoms with Crippen LogP contribution >= 0.6 is 0 Å². The van der Waals surface area contributed by atoms with E-state index in [0.717, 1.165) is 17.6 Å². The Morgan fingerprint density at radius 2 is 2.31 bits per heavy atom. The summed E-state index contributed by atoms with van der Waals surface area (Å²) in [6.45, 7) is 2.82. The van der Waals surface area contributed by atoms with Crippen molar-refractivity contribution in [3.05, 3.63) is 24.5 Å². The molecule has 0 aliphatic rings. The topological polar surface area (TPSA) is 50.7 Å². The smallest absolute Gasteiger partial charge is 0.224 e. The van der Waals surface area contributed by atoms with Gasteiger partial charge in [0.05, 0.1) is 0 Å². The van der Waals surface area contributed by atoms with Crippen LogP contribution in [-0.2, 0) is 0 Å². The first-order valence-electron chi connectivity index (χ1n) is 4.22. The molecule has 66 valence electrons. The number of aromatic nitrogens is 3. The maximum atomic E-state index is 4.23. The van der Waals surface area contributed by atoms with E-state index in [1.54, 1.807) is 12.4 Å². The van der Waals surface area contributed by atoms with Crippen LogP contribution in [0.3, 0.4) is 0 Å². The third-order valence-electron chi connectivity index (χ3n) is 1.69. The number of fused-ring (bicyclic) bond motifs is 1. The van der Waals surface area contributed by atoms with E-state index in [4.69, 9.17) is 0 Å². The molecule has 4 heteroatoms. The standard InChI is InChI=1S/C9H10N4/c1-2-10-9-12-6-7-4-3-5-11-8(7)13-9/h3-6H,2H2,1H3,(H,10,11,12,13). The molecule has 0 bridgehead atoms. The zero-order valence-corrected chi connectivity index (χ0v) is 7.36. The van der Waals surface area contributed by atoms with Gasteiger partial charge in [-0.3, -0.25) is 0 Å². The lowest BCUT2D eigenvalue weighted by Gasteiger charge is -2.00. The van der Waals surface area contributed by atoms with Crippen LogP contribution in [0, 0.1) is 0 Å². The summed E-state index contributed by atoms with van der Waals surface area (Å²) < 4.78 is 0. The molecule has 4 nitrogen and oxygen atoms in total. The number of nitrogens with zero attached hydrogens (tertiary/aromatic N) is 3. The van der Waals surface area contributed by atoms with Crippen molar-refractivity contribution in [3.63, 3.8) is 0 Å². The molecule has 2 aromatic rings. The lowest BCUT2D eigenvalue weighted by Crippen LogP contribution is -2.01. The molecule has 0 saturated heterocycles. The minimum Gasteiger partial charge on any atom is -0.354 e. The van der Waals surface area contributed by atoms with Crippen LogP contribution in [-0.4, -0.2) is 21.5 Å². The Morgan fingerprint density at radius 1 is 1.38 bits per heavy atom. The Balaban J connectivity index is 2.49. The fraction of sp³-hybridized carbons (Fsp3) is 0.222. The van der Waals surface area contributed by atoms with Gasteiger partial charge in [0.2, 0.25) is 5.95 Å². The molecule has 1 N–H and O–H groups in total. The summed E-state index contributed by atoms with van der Waals surface area (Å²) in [5.74, 6) is 0.633. The van der Waals surface area contributed by atoms with Gasteiger partial charge in [0.15, 0.2) is 5.65 Å². The maximum absolute atomic E-state index is 4.23. The summed E-state index contributed by atoms with van der Waals surface area (Å²) in [7, 11) is 0. The lowest BCUT2D eigenvalue weighted by molar-refractivity contribution is 1.10. The molecule has 0 aliphatic heterocycles. The quantitative estimate of drug-likeness (QED) is 0.748. The van der Waals surface area contributed by atoms with E-state index in [9.17, 15) is 0 Å². The fourth-order valence-corrected chi connectivity index (χ4v) is 1.11. The van der Waals surface area contributed by atoms with E-state index in [1.165, 1.54) is 0 Å². The van der Waals surface area contributed by atoms with Gasteiger partial charge in [0, 0.05) is 24.3 Å². The molecular formula is C9H10N4. The summed E-state index contributed by atoms with van der Waals surface area (Å²) in [4.78, 5) is 12.5. The SMILES string of the molecule is CCNc1ncc2cccnc2n1. The summed E-state index contributed by atoms with van der Waals surface area (Å²) >= 11 is 0. The van der Waals surface area contributed by atoms with Crippen LogP contribution in [0.5, 0.6) is 0 Å².